The number of hydrogen-bond acceptors (Lipinski definition) is 3. The van der Waals surface area contributed by atoms with Crippen molar-refractivity contribution in [2.24, 2.45) is 0 Å². The van der Waals surface area contributed by atoms with E-state index in [1.807, 2.05) is 0 Å². The minimum absolute atomic E-state index is 0.0469. The Labute approximate surface area is 208 Å². The van der Waals surface area contributed by atoms with Crippen LogP contribution in [0.5, 0.6) is 0 Å². The van der Waals surface area contributed by atoms with E-state index >= 15 is 0 Å². The highest BCUT2D eigenvalue weighted by Crippen LogP contribution is 2.53. The van der Waals surface area contributed by atoms with Crippen LogP contribution in [-0.2, 0) is 10.8 Å². The molecule has 4 heteroatoms. The van der Waals surface area contributed by atoms with E-state index in [9.17, 15) is 0 Å². The summed E-state index contributed by atoms with van der Waals surface area (Å²) in [5, 5.41) is 5.17. The summed E-state index contributed by atoms with van der Waals surface area (Å²) in [4.78, 5) is 9.51. The average molecular weight is 479 g/mol. The quantitative estimate of drug-likeness (QED) is 0.241. The summed E-state index contributed by atoms with van der Waals surface area (Å²) in [7, 11) is -1.60. The number of hydrogen-bond donors (Lipinski definition) is 0. The van der Waals surface area contributed by atoms with E-state index in [-0.39, 0.29) is 10.8 Å². The number of aryl methyl sites for hydroxylation is 1. The number of benzene rings is 3. The Morgan fingerprint density at radius 1 is 0.829 bits per heavy atom. The van der Waals surface area contributed by atoms with Crippen LogP contribution in [0.3, 0.4) is 0 Å². The van der Waals surface area contributed by atoms with Crippen LogP contribution >= 0.6 is 0 Å². The van der Waals surface area contributed by atoms with Crippen LogP contribution in [0, 0.1) is 6.92 Å². The van der Waals surface area contributed by atoms with Crippen LogP contribution < -0.4 is 5.19 Å². The molecular weight excluding hydrogens is 444 g/mol. The first kappa shape index (κ1) is 22.5. The number of nitrogens with zero attached hydrogens (tertiary/aromatic N) is 2. The van der Waals surface area contributed by atoms with Gasteiger partial charge in [-0.15, -0.1) is 0 Å². The molecule has 3 nitrogen and oxygen atoms in total. The number of aromatic nitrogens is 2. The molecule has 0 bridgehead atoms. The maximum absolute atomic E-state index is 6.76. The average Bonchev–Trinajstić information content (AvgIpc) is 3.23. The fourth-order valence-electron chi connectivity index (χ4n) is 6.62. The molecule has 3 aromatic carbocycles. The second-order valence-corrected chi connectivity index (χ2v) is 17.8. The SMILES string of the molecule is Cc1ccc2c([Si](C)(C)C)cc(-c3ncnc4c3oc3c5c(ccc34)C(C)(C)CC5(C)C)cc2c1. The van der Waals surface area contributed by atoms with E-state index in [1.54, 1.807) is 6.33 Å². The van der Waals surface area contributed by atoms with Crippen LogP contribution in [0.2, 0.25) is 19.6 Å². The van der Waals surface area contributed by atoms with Crippen molar-refractivity contribution in [2.45, 2.75) is 71.5 Å². The molecule has 5 aromatic rings. The Morgan fingerprint density at radius 3 is 2.31 bits per heavy atom. The zero-order chi connectivity index (χ0) is 24.9. The Bertz CT molecular complexity index is 1670. The first-order valence-electron chi connectivity index (χ1n) is 12.6. The van der Waals surface area contributed by atoms with Gasteiger partial charge in [0.15, 0.2) is 5.58 Å². The molecule has 0 fully saturated rings. The molecule has 2 aromatic heterocycles. The van der Waals surface area contributed by atoms with Crippen LogP contribution in [0.1, 0.15) is 50.8 Å². The van der Waals surface area contributed by atoms with Crippen molar-refractivity contribution in [3.8, 4) is 11.3 Å². The molecule has 0 radical (unpaired) electrons. The largest absolute Gasteiger partial charge is 0.452 e. The molecule has 0 N–H and O–H groups in total. The molecular formula is C31H34N2OSi. The highest BCUT2D eigenvalue weighted by Gasteiger charge is 2.44. The molecule has 0 atom stereocenters. The summed E-state index contributed by atoms with van der Waals surface area (Å²) in [6, 6.07) is 15.9. The predicted molar refractivity (Wildman–Crippen MR) is 151 cm³/mol. The second kappa shape index (κ2) is 7.04. The van der Waals surface area contributed by atoms with Gasteiger partial charge in [0.05, 0.1) is 8.07 Å². The second-order valence-electron chi connectivity index (χ2n) is 12.8. The fraction of sp³-hybridized carbons (Fsp3) is 0.355. The standard InChI is InChI=1S/C31H34N2OSi/c1-18-9-10-21-19(13-18)14-20(15-24(21)35(6,7)8)26-29-27(33-17-32-26)22-11-12-23-25(28(22)34-29)31(4,5)16-30(23,2)3/h9-15,17H,16H2,1-8H3. The minimum Gasteiger partial charge on any atom is -0.452 e. The van der Waals surface area contributed by atoms with Gasteiger partial charge in [-0.3, -0.25) is 0 Å². The Kier molecular flexibility index (Phi) is 4.52. The van der Waals surface area contributed by atoms with E-state index in [4.69, 9.17) is 14.4 Å². The summed E-state index contributed by atoms with van der Waals surface area (Å²) in [6.07, 6.45) is 2.80. The van der Waals surface area contributed by atoms with Gasteiger partial charge in [0.1, 0.15) is 23.1 Å². The van der Waals surface area contributed by atoms with E-state index < -0.39 is 8.07 Å². The molecule has 0 aliphatic heterocycles. The van der Waals surface area contributed by atoms with Crippen molar-refractivity contribution in [1.29, 1.82) is 0 Å². The molecule has 1 aliphatic carbocycles. The zero-order valence-electron chi connectivity index (χ0n) is 22.1. The smallest absolute Gasteiger partial charge is 0.180 e. The summed E-state index contributed by atoms with van der Waals surface area (Å²) < 4.78 is 6.76. The summed E-state index contributed by atoms with van der Waals surface area (Å²) in [6.45, 7) is 18.8. The molecule has 0 spiro atoms. The first-order valence-corrected chi connectivity index (χ1v) is 16.1. The van der Waals surface area contributed by atoms with Gasteiger partial charge in [-0.25, -0.2) is 9.97 Å². The van der Waals surface area contributed by atoms with Gasteiger partial charge in [-0.1, -0.05) is 88.4 Å². The monoisotopic (exact) mass is 478 g/mol. The third-order valence-corrected chi connectivity index (χ3v) is 9.93. The van der Waals surface area contributed by atoms with Crippen molar-refractivity contribution < 1.29 is 4.42 Å². The fourth-order valence-corrected chi connectivity index (χ4v) is 8.24. The Balaban J connectivity index is 1.68. The molecule has 6 rings (SSSR count). The molecule has 0 saturated heterocycles. The van der Waals surface area contributed by atoms with Gasteiger partial charge in [0.25, 0.3) is 0 Å². The number of rotatable bonds is 2. The molecule has 0 amide bonds. The summed E-state index contributed by atoms with van der Waals surface area (Å²) >= 11 is 0. The van der Waals surface area contributed by atoms with Crippen LogP contribution in [0.4, 0.5) is 0 Å². The van der Waals surface area contributed by atoms with Gasteiger partial charge in [0, 0.05) is 16.5 Å². The van der Waals surface area contributed by atoms with Crippen LogP contribution in [0.25, 0.3) is 44.1 Å². The van der Waals surface area contributed by atoms with E-state index in [0.29, 0.717) is 0 Å². The number of fused-ring (bicyclic) bond motifs is 6. The summed E-state index contributed by atoms with van der Waals surface area (Å²) in [5.74, 6) is 0. The van der Waals surface area contributed by atoms with E-state index in [0.717, 1.165) is 39.7 Å². The van der Waals surface area contributed by atoms with Crippen molar-refractivity contribution in [3.05, 3.63) is 65.5 Å². The molecule has 178 valence electrons. The predicted octanol–water partition coefficient (Wildman–Crippen LogP) is 8.01. The van der Waals surface area contributed by atoms with Gasteiger partial charge in [-0.05, 0) is 52.6 Å². The molecule has 2 heterocycles. The third-order valence-electron chi connectivity index (χ3n) is 7.90. The highest BCUT2D eigenvalue weighted by atomic mass is 28.3. The van der Waals surface area contributed by atoms with Crippen molar-refractivity contribution in [2.75, 3.05) is 0 Å². The van der Waals surface area contributed by atoms with Crippen molar-refractivity contribution in [3.63, 3.8) is 0 Å². The molecule has 0 saturated carbocycles. The maximum Gasteiger partial charge on any atom is 0.180 e. The van der Waals surface area contributed by atoms with Gasteiger partial charge in [0.2, 0.25) is 0 Å². The molecule has 0 unspecified atom stereocenters. The topological polar surface area (TPSA) is 38.9 Å². The van der Waals surface area contributed by atoms with E-state index in [2.05, 4.69) is 96.7 Å². The van der Waals surface area contributed by atoms with Gasteiger partial charge >= 0.3 is 0 Å². The lowest BCUT2D eigenvalue weighted by atomic mass is 9.82. The maximum atomic E-state index is 6.76. The van der Waals surface area contributed by atoms with E-state index in [1.165, 1.54) is 32.6 Å². The number of furan rings is 1. The third kappa shape index (κ3) is 3.30. The van der Waals surface area contributed by atoms with Gasteiger partial charge in [-0.2, -0.15) is 0 Å². The molecule has 1 aliphatic rings. The van der Waals surface area contributed by atoms with Crippen LogP contribution in [-0.4, -0.2) is 18.0 Å². The normalized spacial score (nSPS) is 16.9. The lowest BCUT2D eigenvalue weighted by molar-refractivity contribution is 0.402. The zero-order valence-corrected chi connectivity index (χ0v) is 23.1. The Hall–Kier alpha value is -2.98. The van der Waals surface area contributed by atoms with Crippen molar-refractivity contribution >= 4 is 46.1 Å². The lowest BCUT2D eigenvalue weighted by Gasteiger charge is -2.22. The summed E-state index contributed by atoms with van der Waals surface area (Å²) in [5.41, 5.74) is 8.86. The Morgan fingerprint density at radius 2 is 1.57 bits per heavy atom. The van der Waals surface area contributed by atoms with Crippen LogP contribution in [0.15, 0.2) is 53.2 Å². The highest BCUT2D eigenvalue weighted by molar-refractivity contribution is 6.90. The first-order chi connectivity index (χ1) is 16.4. The lowest BCUT2D eigenvalue weighted by Crippen LogP contribution is -2.38. The molecule has 35 heavy (non-hydrogen) atoms. The van der Waals surface area contributed by atoms with Crippen molar-refractivity contribution in [1.82, 2.24) is 9.97 Å². The minimum atomic E-state index is -1.60. The van der Waals surface area contributed by atoms with Gasteiger partial charge < -0.3 is 4.42 Å².